The van der Waals surface area contributed by atoms with Crippen LogP contribution in [0.25, 0.3) is 0 Å². The van der Waals surface area contributed by atoms with Gasteiger partial charge in [0, 0.05) is 35.3 Å². The van der Waals surface area contributed by atoms with Gasteiger partial charge in [-0.3, -0.25) is 0 Å². The average Bonchev–Trinajstić information content (AvgIpc) is 2.86. The van der Waals surface area contributed by atoms with Crippen LogP contribution in [-0.2, 0) is 0 Å². The molecule has 106 valence electrons. The molecule has 1 aromatic rings. The summed E-state index contributed by atoms with van der Waals surface area (Å²) in [5.41, 5.74) is 6.79. The predicted octanol–water partition coefficient (Wildman–Crippen LogP) is 2.74. The zero-order valence-corrected chi connectivity index (χ0v) is 12.3. The highest BCUT2D eigenvalue weighted by molar-refractivity contribution is 6.33. The van der Waals surface area contributed by atoms with Crippen molar-refractivity contribution in [2.75, 3.05) is 13.2 Å². The summed E-state index contributed by atoms with van der Waals surface area (Å²) in [4.78, 5) is 0. The summed E-state index contributed by atoms with van der Waals surface area (Å²) in [6.07, 6.45) is 3.28. The Hall–Kier alpha value is -0.320. The number of benzene rings is 1. The number of hydrogen-bond donors (Lipinski definition) is 3. The Balaban J connectivity index is 2.13. The van der Waals surface area contributed by atoms with E-state index in [4.69, 9.17) is 28.9 Å². The molecule has 19 heavy (non-hydrogen) atoms. The average molecular weight is 303 g/mol. The van der Waals surface area contributed by atoms with Crippen LogP contribution in [0.4, 0.5) is 0 Å². The van der Waals surface area contributed by atoms with Gasteiger partial charge in [-0.15, -0.1) is 0 Å². The second kappa shape index (κ2) is 6.91. The molecule has 0 heterocycles. The molecule has 3 unspecified atom stereocenters. The van der Waals surface area contributed by atoms with Crippen molar-refractivity contribution < 1.29 is 5.11 Å². The molecule has 3 atom stereocenters. The molecule has 5 heteroatoms. The predicted molar refractivity (Wildman–Crippen MR) is 79.6 cm³/mol. The lowest BCUT2D eigenvalue weighted by molar-refractivity contribution is 0.200. The van der Waals surface area contributed by atoms with E-state index in [1.54, 1.807) is 12.1 Å². The molecule has 1 aromatic carbocycles. The molecule has 3 nitrogen and oxygen atoms in total. The Morgan fingerprint density at radius 3 is 2.84 bits per heavy atom. The minimum absolute atomic E-state index is 0.0247. The molecule has 2 rings (SSSR count). The quantitative estimate of drug-likeness (QED) is 0.784. The van der Waals surface area contributed by atoms with Crippen LogP contribution in [0.3, 0.4) is 0 Å². The summed E-state index contributed by atoms with van der Waals surface area (Å²) in [7, 11) is 0. The molecule has 0 aromatic heterocycles. The summed E-state index contributed by atoms with van der Waals surface area (Å²) in [6, 6.07) is 5.70. The van der Waals surface area contributed by atoms with Crippen molar-refractivity contribution in [3.63, 3.8) is 0 Å². The third-order valence-electron chi connectivity index (χ3n) is 3.88. The van der Waals surface area contributed by atoms with Crippen LogP contribution in [0.2, 0.25) is 10.0 Å². The van der Waals surface area contributed by atoms with Crippen LogP contribution in [0.1, 0.15) is 30.9 Å². The van der Waals surface area contributed by atoms with Gasteiger partial charge in [0.2, 0.25) is 0 Å². The SMILES string of the molecule is NCC(NC1CCCC1CO)c1cc(Cl)ccc1Cl. The van der Waals surface area contributed by atoms with Crippen LogP contribution in [0, 0.1) is 5.92 Å². The molecule has 1 fully saturated rings. The highest BCUT2D eigenvalue weighted by Crippen LogP contribution is 2.30. The van der Waals surface area contributed by atoms with Crippen LogP contribution < -0.4 is 11.1 Å². The van der Waals surface area contributed by atoms with Crippen molar-refractivity contribution in [3.05, 3.63) is 33.8 Å². The Bertz CT molecular complexity index is 428. The molecular weight excluding hydrogens is 283 g/mol. The van der Waals surface area contributed by atoms with Crippen LogP contribution in [0.5, 0.6) is 0 Å². The fraction of sp³-hybridized carbons (Fsp3) is 0.571. The second-order valence-electron chi connectivity index (χ2n) is 5.10. The number of rotatable bonds is 5. The van der Waals surface area contributed by atoms with E-state index >= 15 is 0 Å². The fourth-order valence-corrected chi connectivity index (χ4v) is 3.23. The van der Waals surface area contributed by atoms with Crippen LogP contribution >= 0.6 is 23.2 Å². The molecule has 1 aliphatic rings. The van der Waals surface area contributed by atoms with Gasteiger partial charge in [0.05, 0.1) is 0 Å². The van der Waals surface area contributed by atoms with Gasteiger partial charge in [-0.05, 0) is 42.5 Å². The molecule has 1 aliphatic carbocycles. The first-order valence-electron chi connectivity index (χ1n) is 6.67. The fourth-order valence-electron chi connectivity index (χ4n) is 2.80. The summed E-state index contributed by atoms with van der Waals surface area (Å²) >= 11 is 12.2. The van der Waals surface area contributed by atoms with Gasteiger partial charge in [0.1, 0.15) is 0 Å². The maximum Gasteiger partial charge on any atom is 0.0474 e. The standard InChI is InChI=1S/C14H20Cl2N2O/c15-10-4-5-12(16)11(6-10)14(7-17)18-13-3-1-2-9(13)8-19/h4-6,9,13-14,18-19H,1-3,7-8,17H2. The number of aliphatic hydroxyl groups is 1. The first-order chi connectivity index (χ1) is 9.15. The Labute approximate surface area is 124 Å². The van der Waals surface area contributed by atoms with Gasteiger partial charge in [0.15, 0.2) is 0 Å². The number of nitrogens with one attached hydrogen (secondary N) is 1. The zero-order valence-electron chi connectivity index (χ0n) is 10.8. The van der Waals surface area contributed by atoms with E-state index in [2.05, 4.69) is 5.32 Å². The molecule has 4 N–H and O–H groups in total. The molecule has 1 saturated carbocycles. The van der Waals surface area contributed by atoms with Gasteiger partial charge in [-0.2, -0.15) is 0 Å². The second-order valence-corrected chi connectivity index (χ2v) is 5.94. The molecule has 0 spiro atoms. The summed E-state index contributed by atoms with van der Waals surface area (Å²) in [5, 5.41) is 14.2. The lowest BCUT2D eigenvalue weighted by Crippen LogP contribution is -2.40. The van der Waals surface area contributed by atoms with Gasteiger partial charge >= 0.3 is 0 Å². The summed E-state index contributed by atoms with van der Waals surface area (Å²) in [5.74, 6) is 0.312. The minimum Gasteiger partial charge on any atom is -0.396 e. The van der Waals surface area contributed by atoms with Gasteiger partial charge < -0.3 is 16.2 Å². The molecule has 0 amide bonds. The van der Waals surface area contributed by atoms with Crippen molar-refractivity contribution in [3.8, 4) is 0 Å². The topological polar surface area (TPSA) is 58.3 Å². The minimum atomic E-state index is -0.0247. The highest BCUT2D eigenvalue weighted by atomic mass is 35.5. The Morgan fingerprint density at radius 2 is 2.16 bits per heavy atom. The smallest absolute Gasteiger partial charge is 0.0474 e. The molecule has 0 aliphatic heterocycles. The van der Waals surface area contributed by atoms with Gasteiger partial charge in [0.25, 0.3) is 0 Å². The van der Waals surface area contributed by atoms with E-state index in [0.717, 1.165) is 24.8 Å². The highest BCUT2D eigenvalue weighted by Gasteiger charge is 2.29. The number of nitrogens with two attached hydrogens (primary N) is 1. The lowest BCUT2D eigenvalue weighted by Gasteiger charge is -2.26. The third-order valence-corrected chi connectivity index (χ3v) is 4.46. The molecular formula is C14H20Cl2N2O. The van der Waals surface area contributed by atoms with Gasteiger partial charge in [-0.25, -0.2) is 0 Å². The number of hydrogen-bond acceptors (Lipinski definition) is 3. The first kappa shape index (κ1) is 15.1. The Kier molecular flexibility index (Phi) is 5.48. The largest absolute Gasteiger partial charge is 0.396 e. The lowest BCUT2D eigenvalue weighted by atomic mass is 10.0. The molecule has 0 saturated heterocycles. The maximum atomic E-state index is 9.37. The maximum absolute atomic E-state index is 9.37. The van der Waals surface area contributed by atoms with E-state index in [0.29, 0.717) is 28.5 Å². The number of halogens is 2. The van der Waals surface area contributed by atoms with E-state index in [9.17, 15) is 5.11 Å². The van der Waals surface area contributed by atoms with E-state index < -0.39 is 0 Å². The van der Waals surface area contributed by atoms with Crippen LogP contribution in [-0.4, -0.2) is 24.3 Å². The third kappa shape index (κ3) is 3.61. The van der Waals surface area contributed by atoms with E-state index in [1.165, 1.54) is 0 Å². The monoisotopic (exact) mass is 302 g/mol. The van der Waals surface area contributed by atoms with Crippen molar-refractivity contribution in [1.82, 2.24) is 5.32 Å². The first-order valence-corrected chi connectivity index (χ1v) is 7.43. The zero-order chi connectivity index (χ0) is 13.8. The van der Waals surface area contributed by atoms with Crippen molar-refractivity contribution in [2.24, 2.45) is 11.7 Å². The summed E-state index contributed by atoms with van der Waals surface area (Å²) < 4.78 is 0. The van der Waals surface area contributed by atoms with Gasteiger partial charge in [-0.1, -0.05) is 29.6 Å². The van der Waals surface area contributed by atoms with E-state index in [1.807, 2.05) is 6.07 Å². The van der Waals surface area contributed by atoms with Crippen molar-refractivity contribution >= 4 is 23.2 Å². The molecule has 0 bridgehead atoms. The Morgan fingerprint density at radius 1 is 1.37 bits per heavy atom. The normalized spacial score (nSPS) is 24.6. The number of aliphatic hydroxyl groups excluding tert-OH is 1. The molecule has 0 radical (unpaired) electrons. The van der Waals surface area contributed by atoms with Crippen molar-refractivity contribution in [2.45, 2.75) is 31.3 Å². The summed E-state index contributed by atoms with van der Waals surface area (Å²) in [6.45, 7) is 0.674. The van der Waals surface area contributed by atoms with Crippen molar-refractivity contribution in [1.29, 1.82) is 0 Å². The van der Waals surface area contributed by atoms with Crippen LogP contribution in [0.15, 0.2) is 18.2 Å². The van der Waals surface area contributed by atoms with E-state index in [-0.39, 0.29) is 12.6 Å².